The number of aliphatic hydroxyl groups excluding tert-OH is 1. The second kappa shape index (κ2) is 8.76. The second-order valence-corrected chi connectivity index (χ2v) is 8.69. The van der Waals surface area contributed by atoms with Gasteiger partial charge < -0.3 is 9.84 Å². The van der Waals surface area contributed by atoms with Gasteiger partial charge in [0.2, 0.25) is 0 Å². The first kappa shape index (κ1) is 19.0. The Morgan fingerprint density at radius 1 is 1.22 bits per heavy atom. The van der Waals surface area contributed by atoms with Crippen molar-refractivity contribution in [3.8, 4) is 5.75 Å². The minimum absolute atomic E-state index is 0.233. The van der Waals surface area contributed by atoms with E-state index in [1.807, 2.05) is 18.2 Å². The largest absolute Gasteiger partial charge is 0.489 e. The standard InChI is InChI=1S/C21H25ClN2O2S/c22-18-3-4-21-17(11-18)10-16(15-26-21)12-23-6-7-24(19(13-23)5-8-25)14-20-2-1-9-27-20/h1-4,9-11,19,25H,5-8,12-15H2. The summed E-state index contributed by atoms with van der Waals surface area (Å²) in [4.78, 5) is 6.39. The number of thiophene rings is 1. The van der Waals surface area contributed by atoms with Crippen LogP contribution in [0, 0.1) is 0 Å². The van der Waals surface area contributed by atoms with Crippen LogP contribution in [0.15, 0.2) is 41.3 Å². The van der Waals surface area contributed by atoms with Crippen molar-refractivity contribution >= 4 is 29.0 Å². The normalized spacial score (nSPS) is 20.8. The summed E-state index contributed by atoms with van der Waals surface area (Å²) in [5.41, 5.74) is 2.34. The zero-order chi connectivity index (χ0) is 18.6. The van der Waals surface area contributed by atoms with Crippen molar-refractivity contribution in [3.63, 3.8) is 0 Å². The zero-order valence-corrected chi connectivity index (χ0v) is 16.9. The Kier molecular flexibility index (Phi) is 6.15. The minimum atomic E-state index is 0.233. The van der Waals surface area contributed by atoms with Crippen molar-refractivity contribution in [3.05, 3.63) is 56.7 Å². The highest BCUT2D eigenvalue weighted by Crippen LogP contribution is 2.29. The van der Waals surface area contributed by atoms with Crippen molar-refractivity contribution in [2.75, 3.05) is 39.4 Å². The molecule has 0 bridgehead atoms. The summed E-state index contributed by atoms with van der Waals surface area (Å²) in [6, 6.07) is 10.5. The van der Waals surface area contributed by atoms with Gasteiger partial charge in [-0.05, 0) is 47.7 Å². The molecule has 6 heteroatoms. The predicted octanol–water partition coefficient (Wildman–Crippen LogP) is 3.75. The van der Waals surface area contributed by atoms with Gasteiger partial charge in [-0.2, -0.15) is 0 Å². The van der Waals surface area contributed by atoms with E-state index in [-0.39, 0.29) is 6.61 Å². The Morgan fingerprint density at radius 3 is 2.96 bits per heavy atom. The van der Waals surface area contributed by atoms with Gasteiger partial charge in [0, 0.05) is 60.8 Å². The molecule has 0 radical (unpaired) electrons. The summed E-state index contributed by atoms with van der Waals surface area (Å²) in [5, 5.41) is 12.4. The number of hydrogen-bond acceptors (Lipinski definition) is 5. The summed E-state index contributed by atoms with van der Waals surface area (Å²) >= 11 is 7.93. The van der Waals surface area contributed by atoms with Gasteiger partial charge in [0.15, 0.2) is 0 Å². The number of hydrogen-bond donors (Lipinski definition) is 1. The molecular formula is C21H25ClN2O2S. The average Bonchev–Trinajstić information content (AvgIpc) is 3.17. The third-order valence-electron chi connectivity index (χ3n) is 5.26. The van der Waals surface area contributed by atoms with Gasteiger partial charge in [-0.15, -0.1) is 11.3 Å². The summed E-state index contributed by atoms with van der Waals surface area (Å²) in [5.74, 6) is 0.905. The van der Waals surface area contributed by atoms with Gasteiger partial charge in [-0.3, -0.25) is 9.80 Å². The maximum atomic E-state index is 9.52. The first-order valence-electron chi connectivity index (χ1n) is 9.43. The van der Waals surface area contributed by atoms with Crippen molar-refractivity contribution in [2.45, 2.75) is 19.0 Å². The second-order valence-electron chi connectivity index (χ2n) is 7.22. The van der Waals surface area contributed by atoms with Crippen LogP contribution in [-0.2, 0) is 6.54 Å². The first-order chi connectivity index (χ1) is 13.2. The van der Waals surface area contributed by atoms with Gasteiger partial charge in [0.1, 0.15) is 12.4 Å². The third-order valence-corrected chi connectivity index (χ3v) is 6.36. The van der Waals surface area contributed by atoms with E-state index >= 15 is 0 Å². The van der Waals surface area contributed by atoms with Gasteiger partial charge in [0.05, 0.1) is 0 Å². The van der Waals surface area contributed by atoms with Crippen LogP contribution >= 0.6 is 22.9 Å². The molecule has 2 aliphatic heterocycles. The molecule has 0 saturated carbocycles. The highest BCUT2D eigenvalue weighted by atomic mass is 35.5. The van der Waals surface area contributed by atoms with Crippen LogP contribution < -0.4 is 4.74 Å². The molecule has 2 aromatic rings. The molecule has 1 fully saturated rings. The smallest absolute Gasteiger partial charge is 0.127 e. The summed E-state index contributed by atoms with van der Waals surface area (Å²) in [6.07, 6.45) is 3.03. The van der Waals surface area contributed by atoms with Gasteiger partial charge in [0.25, 0.3) is 0 Å². The maximum absolute atomic E-state index is 9.52. The van der Waals surface area contributed by atoms with Crippen LogP contribution in [0.25, 0.3) is 6.08 Å². The van der Waals surface area contributed by atoms with E-state index in [0.29, 0.717) is 12.6 Å². The molecule has 4 rings (SSSR count). The van der Waals surface area contributed by atoms with Crippen molar-refractivity contribution in [1.29, 1.82) is 0 Å². The minimum Gasteiger partial charge on any atom is -0.489 e. The fourth-order valence-electron chi connectivity index (χ4n) is 3.91. The third kappa shape index (κ3) is 4.73. The van der Waals surface area contributed by atoms with E-state index in [2.05, 4.69) is 33.4 Å². The monoisotopic (exact) mass is 404 g/mol. The van der Waals surface area contributed by atoms with Crippen LogP contribution in [0.1, 0.15) is 16.9 Å². The fraction of sp³-hybridized carbons (Fsp3) is 0.429. The number of aliphatic hydroxyl groups is 1. The quantitative estimate of drug-likeness (QED) is 0.795. The topological polar surface area (TPSA) is 35.9 Å². The molecule has 1 aromatic heterocycles. The molecule has 0 spiro atoms. The summed E-state index contributed by atoms with van der Waals surface area (Å²) in [7, 11) is 0. The number of benzene rings is 1. The summed E-state index contributed by atoms with van der Waals surface area (Å²) in [6.45, 7) is 5.79. The lowest BCUT2D eigenvalue weighted by atomic mass is 10.0. The molecule has 1 unspecified atom stereocenters. The lowest BCUT2D eigenvalue weighted by molar-refractivity contribution is 0.0581. The number of halogens is 1. The van der Waals surface area contributed by atoms with Gasteiger partial charge in [-0.1, -0.05) is 17.7 Å². The van der Waals surface area contributed by atoms with E-state index in [1.54, 1.807) is 11.3 Å². The fourth-order valence-corrected chi connectivity index (χ4v) is 4.82. The van der Waals surface area contributed by atoms with E-state index in [9.17, 15) is 5.11 Å². The molecule has 1 atom stereocenters. The number of rotatable bonds is 6. The molecule has 1 N–H and O–H groups in total. The Balaban J connectivity index is 1.40. The van der Waals surface area contributed by atoms with Crippen molar-refractivity contribution in [2.24, 2.45) is 0 Å². The van der Waals surface area contributed by atoms with Crippen LogP contribution in [0.2, 0.25) is 5.02 Å². The van der Waals surface area contributed by atoms with Crippen LogP contribution in [-0.4, -0.2) is 60.3 Å². The molecule has 4 nitrogen and oxygen atoms in total. The molecular weight excluding hydrogens is 380 g/mol. The number of fused-ring (bicyclic) bond motifs is 1. The van der Waals surface area contributed by atoms with Crippen molar-refractivity contribution in [1.82, 2.24) is 9.80 Å². The molecule has 3 heterocycles. The van der Waals surface area contributed by atoms with Crippen LogP contribution in [0.5, 0.6) is 5.75 Å². The van der Waals surface area contributed by atoms with E-state index in [1.165, 1.54) is 10.5 Å². The van der Waals surface area contributed by atoms with E-state index in [0.717, 1.165) is 55.5 Å². The van der Waals surface area contributed by atoms with Crippen LogP contribution in [0.4, 0.5) is 0 Å². The Morgan fingerprint density at radius 2 is 2.15 bits per heavy atom. The molecule has 1 aromatic carbocycles. The number of ether oxygens (including phenoxy) is 1. The maximum Gasteiger partial charge on any atom is 0.127 e. The van der Waals surface area contributed by atoms with E-state index < -0.39 is 0 Å². The molecule has 27 heavy (non-hydrogen) atoms. The SMILES string of the molecule is OCCC1CN(CC2=Cc3cc(Cl)ccc3OC2)CCN1Cc1cccs1. The lowest BCUT2D eigenvalue weighted by Crippen LogP contribution is -2.53. The van der Waals surface area contributed by atoms with Gasteiger partial charge in [-0.25, -0.2) is 0 Å². The lowest BCUT2D eigenvalue weighted by Gasteiger charge is -2.41. The predicted molar refractivity (Wildman–Crippen MR) is 112 cm³/mol. The van der Waals surface area contributed by atoms with Crippen LogP contribution in [0.3, 0.4) is 0 Å². The average molecular weight is 405 g/mol. The summed E-state index contributed by atoms with van der Waals surface area (Å²) < 4.78 is 5.90. The number of nitrogens with zero attached hydrogens (tertiary/aromatic N) is 2. The Bertz CT molecular complexity index is 793. The molecule has 0 aliphatic carbocycles. The number of piperazine rings is 1. The molecule has 144 valence electrons. The highest BCUT2D eigenvalue weighted by Gasteiger charge is 2.27. The van der Waals surface area contributed by atoms with Gasteiger partial charge >= 0.3 is 0 Å². The van der Waals surface area contributed by atoms with Crippen molar-refractivity contribution < 1.29 is 9.84 Å². The van der Waals surface area contributed by atoms with E-state index in [4.69, 9.17) is 16.3 Å². The first-order valence-corrected chi connectivity index (χ1v) is 10.7. The molecule has 1 saturated heterocycles. The Labute approximate surface area is 169 Å². The molecule has 2 aliphatic rings. The Hall–Kier alpha value is -1.37. The highest BCUT2D eigenvalue weighted by molar-refractivity contribution is 7.09. The zero-order valence-electron chi connectivity index (χ0n) is 15.3. The molecule has 0 amide bonds.